The molecule has 0 spiro atoms. The topological polar surface area (TPSA) is 120 Å². The lowest BCUT2D eigenvalue weighted by Gasteiger charge is -2.38. The highest BCUT2D eigenvalue weighted by atomic mass is 19.4. The van der Waals surface area contributed by atoms with Crippen molar-refractivity contribution in [2.45, 2.75) is 36.4 Å². The van der Waals surface area contributed by atoms with Crippen molar-refractivity contribution in [2.75, 3.05) is 0 Å². The minimum absolute atomic E-state index is 0.0164. The molecule has 1 aliphatic carbocycles. The third kappa shape index (κ3) is 3.50. The fourth-order valence-electron chi connectivity index (χ4n) is 4.97. The first-order chi connectivity index (χ1) is 17.9. The van der Waals surface area contributed by atoms with Crippen LogP contribution < -0.4 is 9.47 Å². The Kier molecular flexibility index (Phi) is 5.32. The molecule has 0 saturated heterocycles. The number of pyridine rings is 2. The summed E-state index contributed by atoms with van der Waals surface area (Å²) in [5.74, 6) is -3.39. The molecule has 8 nitrogen and oxygen atoms in total. The lowest BCUT2D eigenvalue weighted by atomic mass is 9.66. The summed E-state index contributed by atoms with van der Waals surface area (Å²) in [6.07, 6.45) is -12.4. The van der Waals surface area contributed by atoms with Crippen LogP contribution in [-0.2, 0) is 12.4 Å². The van der Waals surface area contributed by atoms with E-state index < -0.39 is 70.8 Å². The van der Waals surface area contributed by atoms with Crippen molar-refractivity contribution in [2.24, 2.45) is 0 Å². The van der Waals surface area contributed by atoms with E-state index in [-0.39, 0.29) is 22.3 Å². The largest absolute Gasteiger partial charge is 0.470 e. The first kappa shape index (κ1) is 24.6. The molecule has 3 aliphatic rings. The molecule has 4 unspecified atom stereocenters. The Morgan fingerprint density at radius 2 is 1.21 bits per heavy atom. The van der Waals surface area contributed by atoms with Gasteiger partial charge in [-0.1, -0.05) is 12.1 Å². The molecule has 4 heterocycles. The molecule has 1 fully saturated rings. The molecule has 188 valence electrons. The van der Waals surface area contributed by atoms with Crippen molar-refractivity contribution >= 4 is 0 Å². The van der Waals surface area contributed by atoms with Gasteiger partial charge in [-0.2, -0.15) is 36.9 Å². The Hall–Kier alpha value is -5.08. The number of alkyl halides is 6. The van der Waals surface area contributed by atoms with Crippen molar-refractivity contribution in [3.05, 3.63) is 80.6 Å². The first-order valence-electron chi connectivity index (χ1n) is 10.5. The summed E-state index contributed by atoms with van der Waals surface area (Å²) in [6.45, 7) is 7.49. The summed E-state index contributed by atoms with van der Waals surface area (Å²) in [4.78, 5) is 10.2. The maximum Gasteiger partial charge on any atom is 0.433 e. The van der Waals surface area contributed by atoms with E-state index in [4.69, 9.17) is 16.0 Å². The lowest BCUT2D eigenvalue weighted by molar-refractivity contribution is -0.142. The van der Waals surface area contributed by atoms with Crippen LogP contribution in [0, 0.1) is 40.6 Å². The van der Waals surface area contributed by atoms with Crippen LogP contribution in [0.5, 0.6) is 11.8 Å². The lowest BCUT2D eigenvalue weighted by Crippen LogP contribution is -2.41. The Balaban J connectivity index is 1.80. The zero-order valence-corrected chi connectivity index (χ0v) is 18.4. The maximum absolute atomic E-state index is 13.3. The molecule has 4 atom stereocenters. The number of allylic oxidation sites excluding steroid dienone is 2. The summed E-state index contributed by atoms with van der Waals surface area (Å²) in [7, 11) is 0. The van der Waals surface area contributed by atoms with Gasteiger partial charge in [0, 0.05) is 22.6 Å². The van der Waals surface area contributed by atoms with Gasteiger partial charge in [-0.15, -0.1) is 0 Å². The van der Waals surface area contributed by atoms with Crippen molar-refractivity contribution in [3.63, 3.8) is 0 Å². The Morgan fingerprint density at radius 1 is 0.763 bits per heavy atom. The highest BCUT2D eigenvalue weighted by Gasteiger charge is 2.58. The summed E-state index contributed by atoms with van der Waals surface area (Å²) < 4.78 is 91.4. The molecular formula is C24H8F6N6O2. The predicted octanol–water partition coefficient (Wildman–Crippen LogP) is 4.96. The van der Waals surface area contributed by atoms with E-state index in [9.17, 15) is 42.1 Å². The number of hydrogen-bond donors (Lipinski definition) is 0. The number of rotatable bonds is 0. The summed E-state index contributed by atoms with van der Waals surface area (Å²) >= 11 is 0. The van der Waals surface area contributed by atoms with Crippen LogP contribution >= 0.6 is 0 Å². The molecule has 2 aliphatic heterocycles. The van der Waals surface area contributed by atoms with Gasteiger partial charge in [0.1, 0.15) is 41.3 Å². The van der Waals surface area contributed by atoms with E-state index >= 15 is 0 Å². The van der Waals surface area contributed by atoms with Gasteiger partial charge in [-0.25, -0.2) is 20.1 Å². The van der Waals surface area contributed by atoms with Crippen LogP contribution in [0.25, 0.3) is 4.85 Å². The predicted molar refractivity (Wildman–Crippen MR) is 110 cm³/mol. The Bertz CT molecular complexity index is 1480. The summed E-state index contributed by atoms with van der Waals surface area (Å²) in [5.41, 5.74) is -3.79. The second-order valence-electron chi connectivity index (χ2n) is 8.29. The minimum Gasteiger partial charge on any atom is -0.470 e. The standard InChI is InChI=1S/C24H8F6N6O2/c1-34-12(8-33)18-17-11-3-5-14(24(28,29)30)36-22(11)37-19(17)15(9(6-31)7-32)16-10-2-4-13(23(25,26)27)35-21(10)38-20(16)18/h2-5,16-17,19-20H/b18-12+. The molecule has 2 aromatic heterocycles. The molecule has 2 aromatic rings. The van der Waals surface area contributed by atoms with Crippen molar-refractivity contribution < 1.29 is 35.8 Å². The van der Waals surface area contributed by atoms with Crippen molar-refractivity contribution in [1.29, 1.82) is 15.8 Å². The molecule has 0 bridgehead atoms. The third-order valence-electron chi connectivity index (χ3n) is 6.40. The van der Waals surface area contributed by atoms with Gasteiger partial charge < -0.3 is 9.47 Å². The highest BCUT2D eigenvalue weighted by molar-refractivity contribution is 5.63. The average Bonchev–Trinajstić information content (AvgIpc) is 3.43. The third-order valence-corrected chi connectivity index (χ3v) is 6.40. The summed E-state index contributed by atoms with van der Waals surface area (Å²) in [5, 5.41) is 29.1. The number of hydrogen-bond acceptors (Lipinski definition) is 7. The zero-order valence-electron chi connectivity index (χ0n) is 18.4. The number of nitrogens with zero attached hydrogens (tertiary/aromatic N) is 6. The fraction of sp³-hybridized carbons (Fsp3) is 0.250. The molecule has 0 amide bonds. The molecule has 0 radical (unpaired) electrons. The molecule has 0 N–H and O–H groups in total. The number of ether oxygens (including phenoxy) is 2. The fourth-order valence-corrected chi connectivity index (χ4v) is 4.97. The van der Waals surface area contributed by atoms with Gasteiger partial charge in [-0.3, -0.25) is 0 Å². The number of aromatic nitrogens is 2. The number of nitriles is 3. The average molecular weight is 526 g/mol. The molecular weight excluding hydrogens is 518 g/mol. The van der Waals surface area contributed by atoms with Crippen LogP contribution in [-0.4, -0.2) is 22.2 Å². The van der Waals surface area contributed by atoms with E-state index in [1.807, 2.05) is 0 Å². The minimum atomic E-state index is -4.83. The van der Waals surface area contributed by atoms with Crippen molar-refractivity contribution in [1.82, 2.24) is 9.97 Å². The highest BCUT2D eigenvalue weighted by Crippen LogP contribution is 2.59. The van der Waals surface area contributed by atoms with Crippen molar-refractivity contribution in [3.8, 4) is 30.0 Å². The van der Waals surface area contributed by atoms with Gasteiger partial charge in [0.15, 0.2) is 0 Å². The van der Waals surface area contributed by atoms with Gasteiger partial charge in [0.25, 0.3) is 5.70 Å². The van der Waals surface area contributed by atoms with Crippen LogP contribution in [0.2, 0.25) is 0 Å². The van der Waals surface area contributed by atoms with Gasteiger partial charge in [-0.05, 0) is 17.7 Å². The van der Waals surface area contributed by atoms with E-state index in [0.717, 1.165) is 12.1 Å². The summed E-state index contributed by atoms with van der Waals surface area (Å²) in [6, 6.07) is 8.47. The van der Waals surface area contributed by atoms with Crippen LogP contribution in [0.3, 0.4) is 0 Å². The first-order valence-corrected chi connectivity index (χ1v) is 10.5. The monoisotopic (exact) mass is 526 g/mol. The van der Waals surface area contributed by atoms with E-state index in [1.165, 1.54) is 0 Å². The van der Waals surface area contributed by atoms with Gasteiger partial charge >= 0.3 is 12.4 Å². The second-order valence-corrected chi connectivity index (χ2v) is 8.29. The molecule has 14 heteroatoms. The molecule has 38 heavy (non-hydrogen) atoms. The molecule has 5 rings (SSSR count). The van der Waals surface area contributed by atoms with Crippen LogP contribution in [0.1, 0.15) is 34.4 Å². The van der Waals surface area contributed by atoms with E-state index in [0.29, 0.717) is 12.1 Å². The zero-order chi connectivity index (χ0) is 27.6. The van der Waals surface area contributed by atoms with Gasteiger partial charge in [0.05, 0.1) is 18.6 Å². The van der Waals surface area contributed by atoms with E-state index in [2.05, 4.69) is 14.8 Å². The van der Waals surface area contributed by atoms with Crippen LogP contribution in [0.4, 0.5) is 26.3 Å². The smallest absolute Gasteiger partial charge is 0.433 e. The number of fused-ring (bicyclic) bond motifs is 6. The molecule has 1 saturated carbocycles. The normalized spacial score (nSPS) is 24.1. The Morgan fingerprint density at radius 3 is 1.61 bits per heavy atom. The SMILES string of the molecule is [C-]#[N+]/C(C#N)=C1/C2Oc3nc(C(F)(F)F)ccc3C2C(=C(C#N)C#N)C2Oc3nc(C(F)(F)F)ccc3C12. The molecule has 0 aromatic carbocycles. The quantitative estimate of drug-likeness (QED) is 0.270. The number of halogens is 6. The Labute approximate surface area is 209 Å². The maximum atomic E-state index is 13.3. The van der Waals surface area contributed by atoms with Crippen LogP contribution in [0.15, 0.2) is 46.7 Å². The second kappa shape index (κ2) is 8.22. The van der Waals surface area contributed by atoms with Gasteiger partial charge in [0.2, 0.25) is 11.8 Å². The van der Waals surface area contributed by atoms with E-state index in [1.54, 1.807) is 18.2 Å².